The lowest BCUT2D eigenvalue weighted by Gasteiger charge is -2.32. The molecule has 4 rings (SSSR count). The van der Waals surface area contributed by atoms with Crippen molar-refractivity contribution >= 4 is 23.4 Å². The third-order valence-electron chi connectivity index (χ3n) is 6.13. The van der Waals surface area contributed by atoms with Crippen LogP contribution in [0.25, 0.3) is 0 Å². The second-order valence-electron chi connectivity index (χ2n) is 8.59. The summed E-state index contributed by atoms with van der Waals surface area (Å²) in [5, 5.41) is 12.6. The van der Waals surface area contributed by atoms with Crippen LogP contribution >= 0.6 is 11.6 Å². The second-order valence-corrected chi connectivity index (χ2v) is 9.02. The smallest absolute Gasteiger partial charge is 0.253 e. The first-order valence-corrected chi connectivity index (χ1v) is 11.7. The number of nitriles is 1. The molecular weight excluding hydrogens is 450 g/mol. The van der Waals surface area contributed by atoms with E-state index in [1.54, 1.807) is 53.8 Å². The topological polar surface area (TPSA) is 91.0 Å². The summed E-state index contributed by atoms with van der Waals surface area (Å²) in [7, 11) is 0. The van der Waals surface area contributed by atoms with Gasteiger partial charge in [0.1, 0.15) is 0 Å². The van der Waals surface area contributed by atoms with Crippen molar-refractivity contribution in [2.24, 2.45) is 5.92 Å². The van der Waals surface area contributed by atoms with Gasteiger partial charge in [0, 0.05) is 30.2 Å². The number of hydrogen-bond acceptors (Lipinski definition) is 4. The first-order chi connectivity index (χ1) is 16.4. The largest absolute Gasteiger partial charge is 0.348 e. The number of likely N-dealkylation sites (tertiary alicyclic amines) is 1. The monoisotopic (exact) mass is 475 g/mol. The van der Waals surface area contributed by atoms with Crippen LogP contribution in [0.15, 0.2) is 61.1 Å². The third-order valence-corrected chi connectivity index (χ3v) is 6.37. The van der Waals surface area contributed by atoms with Crippen molar-refractivity contribution < 1.29 is 9.59 Å². The van der Waals surface area contributed by atoms with Gasteiger partial charge < -0.3 is 14.8 Å². The number of aromatic nitrogens is 2. The van der Waals surface area contributed by atoms with Crippen molar-refractivity contribution in [1.29, 1.82) is 5.26 Å². The summed E-state index contributed by atoms with van der Waals surface area (Å²) < 4.78 is 1.99. The van der Waals surface area contributed by atoms with Gasteiger partial charge in [-0.3, -0.25) is 9.59 Å². The quantitative estimate of drug-likeness (QED) is 0.578. The normalized spacial score (nSPS) is 16.5. The van der Waals surface area contributed by atoms with Gasteiger partial charge in [0.25, 0.3) is 5.91 Å². The SMILES string of the molecule is C[C@H](NC(=O)C1CCCN(C(=O)c2cccc(Cl)c2)C1)c1cncn1Cc1ccc(C#N)cc1. The molecule has 1 unspecified atom stereocenters. The Kier molecular flexibility index (Phi) is 7.29. The molecule has 1 aliphatic heterocycles. The molecule has 0 saturated carbocycles. The molecule has 7 nitrogen and oxygen atoms in total. The van der Waals surface area contributed by atoms with E-state index in [2.05, 4.69) is 16.4 Å². The predicted octanol–water partition coefficient (Wildman–Crippen LogP) is 4.19. The predicted molar refractivity (Wildman–Crippen MR) is 129 cm³/mol. The van der Waals surface area contributed by atoms with Gasteiger partial charge >= 0.3 is 0 Å². The maximum Gasteiger partial charge on any atom is 0.253 e. The molecule has 0 aliphatic carbocycles. The minimum Gasteiger partial charge on any atom is -0.348 e. The average molecular weight is 476 g/mol. The van der Waals surface area contributed by atoms with Crippen molar-refractivity contribution in [3.05, 3.63) is 88.5 Å². The Morgan fingerprint density at radius 1 is 1.26 bits per heavy atom. The fraction of sp³-hybridized carbons (Fsp3) is 0.308. The summed E-state index contributed by atoms with van der Waals surface area (Å²) >= 11 is 6.04. The first-order valence-electron chi connectivity index (χ1n) is 11.3. The molecule has 1 N–H and O–H groups in total. The summed E-state index contributed by atoms with van der Waals surface area (Å²) in [5.41, 5.74) is 3.08. The van der Waals surface area contributed by atoms with Gasteiger partial charge in [0.15, 0.2) is 0 Å². The lowest BCUT2D eigenvalue weighted by molar-refractivity contribution is -0.127. The van der Waals surface area contributed by atoms with Gasteiger partial charge in [-0.15, -0.1) is 0 Å². The van der Waals surface area contributed by atoms with Gasteiger partial charge in [0.2, 0.25) is 5.91 Å². The number of nitrogens with zero attached hydrogens (tertiary/aromatic N) is 4. The number of amides is 2. The number of nitrogens with one attached hydrogen (secondary N) is 1. The number of carbonyl (C=O) groups excluding carboxylic acids is 2. The molecule has 1 saturated heterocycles. The minimum absolute atomic E-state index is 0.0674. The highest BCUT2D eigenvalue weighted by Crippen LogP contribution is 2.22. The number of carbonyl (C=O) groups is 2. The number of hydrogen-bond donors (Lipinski definition) is 1. The van der Waals surface area contributed by atoms with Crippen molar-refractivity contribution in [2.45, 2.75) is 32.4 Å². The second kappa shape index (κ2) is 10.5. The van der Waals surface area contributed by atoms with Crippen LogP contribution in [-0.2, 0) is 11.3 Å². The molecule has 0 spiro atoms. The molecule has 1 fully saturated rings. The summed E-state index contributed by atoms with van der Waals surface area (Å²) in [5.74, 6) is -0.440. The summed E-state index contributed by atoms with van der Waals surface area (Å²) in [6.45, 7) is 3.53. The fourth-order valence-corrected chi connectivity index (χ4v) is 4.48. The standard InChI is InChI=1S/C26H26ClN5O2/c1-18(24-14-29-17-32(24)15-20-9-7-19(13-28)8-10-20)30-25(33)22-5-3-11-31(16-22)26(34)21-4-2-6-23(27)12-21/h2,4,6-10,12,14,17-18,22H,3,5,11,15-16H2,1H3,(H,30,33)/t18-,22?/m0/s1. The molecule has 2 atom stereocenters. The molecule has 3 aromatic rings. The molecule has 0 bridgehead atoms. The zero-order valence-corrected chi connectivity index (χ0v) is 19.7. The Labute approximate surface area is 204 Å². The zero-order chi connectivity index (χ0) is 24.1. The summed E-state index contributed by atoms with van der Waals surface area (Å²) in [6, 6.07) is 16.2. The van der Waals surface area contributed by atoms with Gasteiger partial charge in [-0.1, -0.05) is 29.8 Å². The number of halogens is 1. The van der Waals surface area contributed by atoms with Crippen molar-refractivity contribution in [1.82, 2.24) is 19.8 Å². The zero-order valence-electron chi connectivity index (χ0n) is 18.9. The third kappa shape index (κ3) is 5.46. The molecule has 1 aromatic heterocycles. The first kappa shape index (κ1) is 23.5. The van der Waals surface area contributed by atoms with Crippen LogP contribution in [0.3, 0.4) is 0 Å². The molecule has 2 heterocycles. The highest BCUT2D eigenvalue weighted by molar-refractivity contribution is 6.30. The molecule has 2 aromatic carbocycles. The Bertz CT molecular complexity index is 1210. The molecule has 1 aliphatic rings. The van der Waals surface area contributed by atoms with E-state index in [1.807, 2.05) is 23.6 Å². The van der Waals surface area contributed by atoms with Crippen molar-refractivity contribution in [2.75, 3.05) is 13.1 Å². The van der Waals surface area contributed by atoms with Crippen LogP contribution < -0.4 is 5.32 Å². The lowest BCUT2D eigenvalue weighted by atomic mass is 9.96. The highest BCUT2D eigenvalue weighted by atomic mass is 35.5. The van der Waals surface area contributed by atoms with Crippen molar-refractivity contribution in [3.63, 3.8) is 0 Å². The van der Waals surface area contributed by atoms with E-state index in [0.717, 1.165) is 24.1 Å². The summed E-state index contributed by atoms with van der Waals surface area (Å²) in [6.07, 6.45) is 5.00. The van der Waals surface area contributed by atoms with Gasteiger partial charge in [-0.05, 0) is 55.7 Å². The van der Waals surface area contributed by atoms with Crippen LogP contribution in [0.5, 0.6) is 0 Å². The fourth-order valence-electron chi connectivity index (χ4n) is 4.29. The van der Waals surface area contributed by atoms with Gasteiger partial charge in [0.05, 0.1) is 41.8 Å². The highest BCUT2D eigenvalue weighted by Gasteiger charge is 2.30. The minimum atomic E-state index is -0.269. The Morgan fingerprint density at radius 2 is 2.06 bits per heavy atom. The lowest BCUT2D eigenvalue weighted by Crippen LogP contribution is -2.46. The van der Waals surface area contributed by atoms with E-state index in [9.17, 15) is 9.59 Å². The molecule has 34 heavy (non-hydrogen) atoms. The molecule has 2 amide bonds. The summed E-state index contributed by atoms with van der Waals surface area (Å²) in [4.78, 5) is 32.0. The maximum atomic E-state index is 13.1. The van der Waals surface area contributed by atoms with E-state index in [-0.39, 0.29) is 23.8 Å². The van der Waals surface area contributed by atoms with Crippen LogP contribution in [0.2, 0.25) is 5.02 Å². The average Bonchev–Trinajstić information content (AvgIpc) is 3.32. The molecule has 174 valence electrons. The van der Waals surface area contributed by atoms with Gasteiger partial charge in [-0.2, -0.15) is 5.26 Å². The Morgan fingerprint density at radius 3 is 2.79 bits per heavy atom. The van der Waals surface area contributed by atoms with E-state index in [4.69, 9.17) is 16.9 Å². The maximum absolute atomic E-state index is 13.1. The van der Waals surface area contributed by atoms with E-state index in [1.165, 1.54) is 0 Å². The number of imidazole rings is 1. The molecular formula is C26H26ClN5O2. The van der Waals surface area contributed by atoms with Crippen LogP contribution in [0, 0.1) is 17.2 Å². The van der Waals surface area contributed by atoms with E-state index >= 15 is 0 Å². The number of benzene rings is 2. The molecule has 8 heteroatoms. The molecule has 0 radical (unpaired) electrons. The Hall–Kier alpha value is -3.63. The van der Waals surface area contributed by atoms with Crippen LogP contribution in [0.4, 0.5) is 0 Å². The van der Waals surface area contributed by atoms with Crippen LogP contribution in [0.1, 0.15) is 53.0 Å². The van der Waals surface area contributed by atoms with E-state index < -0.39 is 0 Å². The van der Waals surface area contributed by atoms with Crippen LogP contribution in [-0.4, -0.2) is 39.4 Å². The Balaban J connectivity index is 1.38. The van der Waals surface area contributed by atoms with Gasteiger partial charge in [-0.25, -0.2) is 4.98 Å². The number of piperidine rings is 1. The van der Waals surface area contributed by atoms with E-state index in [0.29, 0.717) is 35.8 Å². The number of rotatable bonds is 6. The van der Waals surface area contributed by atoms with Crippen molar-refractivity contribution in [3.8, 4) is 6.07 Å².